The second kappa shape index (κ2) is 5.16. The van der Waals surface area contributed by atoms with Gasteiger partial charge in [-0.25, -0.2) is 0 Å². The molecule has 7 rings (SSSR count). The van der Waals surface area contributed by atoms with Crippen LogP contribution in [0, 0.1) is 11.8 Å². The molecule has 138 valence electrons. The van der Waals surface area contributed by atoms with Gasteiger partial charge < -0.3 is 0 Å². The van der Waals surface area contributed by atoms with Crippen LogP contribution in [0.5, 0.6) is 0 Å². The third-order valence-corrected chi connectivity index (χ3v) is 6.65. The van der Waals surface area contributed by atoms with E-state index >= 15 is 0 Å². The van der Waals surface area contributed by atoms with Gasteiger partial charge in [-0.1, -0.05) is 48.5 Å². The van der Waals surface area contributed by atoms with Gasteiger partial charge in [-0.05, 0) is 22.3 Å². The van der Waals surface area contributed by atoms with Crippen molar-refractivity contribution in [1.29, 1.82) is 0 Å². The Hall–Kier alpha value is -3.28. The maximum atomic E-state index is 13.4. The van der Waals surface area contributed by atoms with E-state index in [4.69, 9.17) is 0 Å². The molecule has 2 fully saturated rings. The van der Waals surface area contributed by atoms with E-state index in [1.54, 1.807) is 0 Å². The molecule has 0 N–H and O–H groups in total. The molecule has 2 aliphatic heterocycles. The second-order valence-electron chi connectivity index (χ2n) is 7.85. The summed E-state index contributed by atoms with van der Waals surface area (Å²) >= 11 is 0. The highest BCUT2D eigenvalue weighted by Crippen LogP contribution is 2.61. The van der Waals surface area contributed by atoms with Crippen LogP contribution in [0.15, 0.2) is 48.5 Å². The number of hydrogen-bond acceptors (Lipinski definition) is 4. The van der Waals surface area contributed by atoms with Gasteiger partial charge in [0.1, 0.15) is 0 Å². The zero-order valence-electron chi connectivity index (χ0n) is 14.9. The molecular weight excluding hydrogens is 356 g/mol. The summed E-state index contributed by atoms with van der Waals surface area (Å²) in [6.45, 7) is 0. The van der Waals surface area contributed by atoms with Crippen LogP contribution in [0.2, 0.25) is 0 Å². The molecule has 3 aliphatic carbocycles. The van der Waals surface area contributed by atoms with Gasteiger partial charge in [0.2, 0.25) is 11.8 Å². The van der Waals surface area contributed by atoms with Crippen molar-refractivity contribution < 1.29 is 19.2 Å². The van der Waals surface area contributed by atoms with Gasteiger partial charge >= 0.3 is 0 Å². The Morgan fingerprint density at radius 3 is 1.29 bits per heavy atom. The Morgan fingerprint density at radius 1 is 0.571 bits per heavy atom. The fraction of sp³-hybridized carbons (Fsp3) is 0.273. The standard InChI is InChI=1S/C22H16N2O4/c25-15-9-10-16(26)23(15)24-21(27)19-17-11-5-1-2-6-12(11)18(20(19)22(24)28)14-8-4-3-7-13(14)17/h1-8,17-20H,9-10H2/t17?,18?,19-,20-/m1/s1. The molecule has 0 aromatic heterocycles. The van der Waals surface area contributed by atoms with Gasteiger partial charge in [0, 0.05) is 24.7 Å². The predicted octanol–water partition coefficient (Wildman–Crippen LogP) is 1.94. The van der Waals surface area contributed by atoms with Crippen molar-refractivity contribution in [2.45, 2.75) is 24.7 Å². The molecular formula is C22H16N2O4. The van der Waals surface area contributed by atoms with Crippen LogP contribution < -0.4 is 0 Å². The number of hydrogen-bond donors (Lipinski definition) is 0. The zero-order valence-corrected chi connectivity index (χ0v) is 14.9. The number of benzene rings is 2. The van der Waals surface area contributed by atoms with E-state index < -0.39 is 35.5 Å². The molecule has 2 atom stereocenters. The number of amides is 4. The van der Waals surface area contributed by atoms with Crippen LogP contribution in [0.25, 0.3) is 0 Å². The third kappa shape index (κ3) is 1.69. The Bertz CT molecular complexity index is 976. The highest BCUT2D eigenvalue weighted by Gasteiger charge is 2.63. The van der Waals surface area contributed by atoms with E-state index in [0.717, 1.165) is 32.3 Å². The van der Waals surface area contributed by atoms with Gasteiger partial charge in [0.15, 0.2) is 0 Å². The lowest BCUT2D eigenvalue weighted by Gasteiger charge is -2.45. The molecule has 2 bridgehead atoms. The third-order valence-electron chi connectivity index (χ3n) is 6.65. The normalized spacial score (nSPS) is 30.0. The number of rotatable bonds is 1. The van der Waals surface area contributed by atoms with E-state index in [2.05, 4.69) is 0 Å². The van der Waals surface area contributed by atoms with Crippen LogP contribution in [-0.4, -0.2) is 33.6 Å². The lowest BCUT2D eigenvalue weighted by Crippen LogP contribution is -2.49. The quantitative estimate of drug-likeness (QED) is 0.717. The summed E-state index contributed by atoms with van der Waals surface area (Å²) in [6.07, 6.45) is 0.0804. The first-order chi connectivity index (χ1) is 13.6. The molecule has 4 amide bonds. The van der Waals surface area contributed by atoms with Crippen molar-refractivity contribution in [1.82, 2.24) is 10.0 Å². The van der Waals surface area contributed by atoms with Crippen molar-refractivity contribution in [3.63, 3.8) is 0 Å². The Kier molecular flexibility index (Phi) is 2.90. The average Bonchev–Trinajstić information content (AvgIpc) is 3.18. The average molecular weight is 372 g/mol. The maximum Gasteiger partial charge on any atom is 0.253 e. The molecule has 0 radical (unpaired) electrons. The van der Waals surface area contributed by atoms with Crippen molar-refractivity contribution in [3.05, 3.63) is 70.8 Å². The summed E-state index contributed by atoms with van der Waals surface area (Å²) in [5.41, 5.74) is 4.26. The number of hydrazine groups is 1. The molecule has 6 heteroatoms. The smallest absolute Gasteiger partial charge is 0.253 e. The van der Waals surface area contributed by atoms with Gasteiger partial charge in [-0.2, -0.15) is 10.0 Å². The summed E-state index contributed by atoms with van der Waals surface area (Å²) in [5.74, 6) is -3.46. The first-order valence-corrected chi connectivity index (χ1v) is 9.50. The van der Waals surface area contributed by atoms with Gasteiger partial charge in [0.25, 0.3) is 11.8 Å². The Morgan fingerprint density at radius 2 is 0.929 bits per heavy atom. The first kappa shape index (κ1) is 15.7. The highest BCUT2D eigenvalue weighted by atomic mass is 16.2. The molecule has 0 spiro atoms. The van der Waals surface area contributed by atoms with E-state index in [1.807, 2.05) is 48.5 Å². The Labute approximate surface area is 160 Å². The van der Waals surface area contributed by atoms with Crippen LogP contribution in [-0.2, 0) is 19.2 Å². The fourth-order valence-corrected chi connectivity index (χ4v) is 5.65. The summed E-state index contributed by atoms with van der Waals surface area (Å²) in [7, 11) is 0. The number of carbonyl (C=O) groups is 4. The molecule has 5 aliphatic rings. The fourth-order valence-electron chi connectivity index (χ4n) is 5.65. The zero-order chi connectivity index (χ0) is 19.2. The lowest BCUT2D eigenvalue weighted by molar-refractivity contribution is -0.172. The summed E-state index contributed by atoms with van der Waals surface area (Å²) in [6, 6.07) is 15.9. The second-order valence-corrected chi connectivity index (χ2v) is 7.85. The maximum absolute atomic E-state index is 13.4. The van der Waals surface area contributed by atoms with Gasteiger partial charge in [-0.15, -0.1) is 0 Å². The van der Waals surface area contributed by atoms with Crippen molar-refractivity contribution >= 4 is 23.6 Å². The largest absolute Gasteiger partial charge is 0.272 e. The topological polar surface area (TPSA) is 74.8 Å². The van der Waals surface area contributed by atoms with Crippen molar-refractivity contribution in [2.24, 2.45) is 11.8 Å². The monoisotopic (exact) mass is 372 g/mol. The predicted molar refractivity (Wildman–Crippen MR) is 96.5 cm³/mol. The highest BCUT2D eigenvalue weighted by molar-refractivity contribution is 6.13. The van der Waals surface area contributed by atoms with Crippen molar-refractivity contribution in [2.75, 3.05) is 0 Å². The molecule has 2 aromatic rings. The van der Waals surface area contributed by atoms with Gasteiger partial charge in [0.05, 0.1) is 11.8 Å². The van der Waals surface area contributed by atoms with Crippen LogP contribution in [0.4, 0.5) is 0 Å². The Balaban J connectivity index is 1.56. The van der Waals surface area contributed by atoms with E-state index in [-0.39, 0.29) is 24.7 Å². The van der Waals surface area contributed by atoms with Crippen LogP contribution >= 0.6 is 0 Å². The van der Waals surface area contributed by atoms with Gasteiger partial charge in [-0.3, -0.25) is 19.2 Å². The molecule has 2 saturated heterocycles. The number of carbonyl (C=O) groups excluding carboxylic acids is 4. The molecule has 2 aromatic carbocycles. The first-order valence-electron chi connectivity index (χ1n) is 9.50. The molecule has 0 unspecified atom stereocenters. The minimum Gasteiger partial charge on any atom is -0.272 e. The number of imide groups is 2. The van der Waals surface area contributed by atoms with E-state index in [1.165, 1.54) is 0 Å². The molecule has 0 saturated carbocycles. The summed E-state index contributed by atoms with van der Waals surface area (Å²) in [4.78, 5) is 51.3. The lowest BCUT2D eigenvalue weighted by atomic mass is 9.55. The van der Waals surface area contributed by atoms with Crippen LogP contribution in [0.1, 0.15) is 46.9 Å². The van der Waals surface area contributed by atoms with Crippen LogP contribution in [0.3, 0.4) is 0 Å². The molecule has 6 nitrogen and oxygen atoms in total. The number of nitrogens with zero attached hydrogens (tertiary/aromatic N) is 2. The minimum absolute atomic E-state index is 0.0402. The van der Waals surface area contributed by atoms with Crippen molar-refractivity contribution in [3.8, 4) is 0 Å². The minimum atomic E-state index is -0.580. The van der Waals surface area contributed by atoms with E-state index in [9.17, 15) is 19.2 Å². The summed E-state index contributed by atoms with van der Waals surface area (Å²) in [5, 5.41) is 1.64. The molecule has 28 heavy (non-hydrogen) atoms. The molecule has 2 heterocycles. The van der Waals surface area contributed by atoms with E-state index in [0.29, 0.717) is 0 Å². The summed E-state index contributed by atoms with van der Waals surface area (Å²) < 4.78 is 0. The SMILES string of the molecule is O=C1CCC(=O)N1N1C(=O)[C@@H]2C3c4ccccc4C(c4ccccc43)[C@H]2C1=O.